The van der Waals surface area contributed by atoms with Gasteiger partial charge < -0.3 is 15.0 Å². The van der Waals surface area contributed by atoms with Crippen LogP contribution < -0.4 is 15.0 Å². The number of hydrogen-bond acceptors (Lipinski definition) is 5. The molecule has 2 heterocycles. The maximum Gasteiger partial charge on any atom is 0.204 e. The Balaban J connectivity index is 2.14. The van der Waals surface area contributed by atoms with Gasteiger partial charge in [-0.2, -0.15) is 0 Å². The Morgan fingerprint density at radius 1 is 1.30 bits per heavy atom. The molecule has 1 aromatic heterocycles. The van der Waals surface area contributed by atoms with E-state index in [1.54, 1.807) is 13.4 Å². The molecule has 5 heteroatoms. The zero-order valence-corrected chi connectivity index (χ0v) is 11.9. The molecule has 1 aliphatic rings. The molecule has 104 valence electrons. The minimum Gasteiger partial charge on any atom is -0.490 e. The molecule has 1 N–H and O–H groups in total. The van der Waals surface area contributed by atoms with Crippen molar-refractivity contribution >= 4 is 17.3 Å². The number of benzene rings is 1. The van der Waals surface area contributed by atoms with E-state index >= 15 is 0 Å². The number of methoxy groups -OCH3 is 1. The third kappa shape index (κ3) is 1.86. The quantitative estimate of drug-likeness (QED) is 0.929. The molecule has 3 rings (SSSR count). The van der Waals surface area contributed by atoms with Gasteiger partial charge in [0.2, 0.25) is 5.75 Å². The molecule has 0 amide bonds. The van der Waals surface area contributed by atoms with Crippen LogP contribution >= 0.6 is 0 Å². The molecule has 20 heavy (non-hydrogen) atoms. The fourth-order valence-electron chi connectivity index (χ4n) is 2.79. The molecule has 1 atom stereocenters. The van der Waals surface area contributed by atoms with Crippen molar-refractivity contribution in [3.05, 3.63) is 36.2 Å². The highest BCUT2D eigenvalue weighted by Gasteiger charge is 2.30. The lowest BCUT2D eigenvalue weighted by Crippen LogP contribution is -2.25. The van der Waals surface area contributed by atoms with Crippen LogP contribution in [0.3, 0.4) is 0 Å². The van der Waals surface area contributed by atoms with Gasteiger partial charge in [-0.1, -0.05) is 18.2 Å². The second kappa shape index (κ2) is 5.00. The van der Waals surface area contributed by atoms with Crippen molar-refractivity contribution in [2.75, 3.05) is 24.4 Å². The van der Waals surface area contributed by atoms with E-state index in [9.17, 15) is 0 Å². The van der Waals surface area contributed by atoms with Crippen LogP contribution in [-0.2, 0) is 6.42 Å². The van der Waals surface area contributed by atoms with E-state index in [0.717, 1.165) is 12.2 Å². The van der Waals surface area contributed by atoms with E-state index < -0.39 is 0 Å². The summed E-state index contributed by atoms with van der Waals surface area (Å²) < 4.78 is 5.51. The number of fused-ring (bicyclic) bond motifs is 1. The molecule has 1 aliphatic heterocycles. The number of aromatic nitrogens is 2. The number of nitrogens with one attached hydrogen (secondary N) is 1. The van der Waals surface area contributed by atoms with E-state index in [4.69, 9.17) is 4.74 Å². The Morgan fingerprint density at radius 2 is 2.10 bits per heavy atom. The molecule has 1 unspecified atom stereocenters. The second-order valence-corrected chi connectivity index (χ2v) is 4.88. The van der Waals surface area contributed by atoms with Crippen LogP contribution in [0, 0.1) is 0 Å². The number of hydrogen-bond donors (Lipinski definition) is 1. The van der Waals surface area contributed by atoms with Gasteiger partial charge in [0.05, 0.1) is 7.11 Å². The van der Waals surface area contributed by atoms with Gasteiger partial charge in [-0.25, -0.2) is 9.97 Å². The summed E-state index contributed by atoms with van der Waals surface area (Å²) in [5.41, 5.74) is 2.53. The highest BCUT2D eigenvalue weighted by Crippen LogP contribution is 2.42. The molecule has 1 aromatic carbocycles. The summed E-state index contributed by atoms with van der Waals surface area (Å²) in [5, 5.41) is 3.05. The monoisotopic (exact) mass is 270 g/mol. The minimum atomic E-state index is 0.348. The summed E-state index contributed by atoms with van der Waals surface area (Å²) in [6.07, 6.45) is 2.58. The second-order valence-electron chi connectivity index (χ2n) is 4.88. The van der Waals surface area contributed by atoms with Crippen LogP contribution in [0.15, 0.2) is 30.6 Å². The zero-order chi connectivity index (χ0) is 14.1. The molecular formula is C15H18N4O. The number of anilines is 3. The van der Waals surface area contributed by atoms with Gasteiger partial charge in [0.25, 0.3) is 0 Å². The Labute approximate surface area is 118 Å². The standard InChI is InChI=1S/C15H18N4O/c1-10-8-11-6-4-5-7-12(11)19(10)15-13(20-3)14(16-2)17-9-18-15/h4-7,9-10H,8H2,1-3H3,(H,16,17,18). The summed E-state index contributed by atoms with van der Waals surface area (Å²) in [5.74, 6) is 2.19. The van der Waals surface area contributed by atoms with Crippen molar-refractivity contribution in [1.29, 1.82) is 0 Å². The van der Waals surface area contributed by atoms with Gasteiger partial charge in [0.15, 0.2) is 11.6 Å². The van der Waals surface area contributed by atoms with Gasteiger partial charge >= 0.3 is 0 Å². The van der Waals surface area contributed by atoms with E-state index in [0.29, 0.717) is 17.6 Å². The number of ether oxygens (including phenoxy) is 1. The highest BCUT2D eigenvalue weighted by atomic mass is 16.5. The van der Waals surface area contributed by atoms with Crippen LogP contribution in [0.5, 0.6) is 5.75 Å². The summed E-state index contributed by atoms with van der Waals surface area (Å²) in [7, 11) is 3.48. The molecule has 2 aromatic rings. The first-order chi connectivity index (χ1) is 9.76. The maximum atomic E-state index is 5.51. The maximum absolute atomic E-state index is 5.51. The average molecular weight is 270 g/mol. The number of para-hydroxylation sites is 1. The van der Waals surface area contributed by atoms with Crippen molar-refractivity contribution < 1.29 is 4.74 Å². The van der Waals surface area contributed by atoms with Crippen LogP contribution in [0.2, 0.25) is 0 Å². The minimum absolute atomic E-state index is 0.348. The van der Waals surface area contributed by atoms with Crippen LogP contribution in [0.4, 0.5) is 17.3 Å². The molecule has 5 nitrogen and oxygen atoms in total. The molecule has 0 radical (unpaired) electrons. The Hall–Kier alpha value is -2.30. The summed E-state index contributed by atoms with van der Waals surface area (Å²) in [6, 6.07) is 8.76. The van der Waals surface area contributed by atoms with Crippen molar-refractivity contribution in [3.63, 3.8) is 0 Å². The van der Waals surface area contributed by atoms with E-state index in [1.165, 1.54) is 11.3 Å². The van der Waals surface area contributed by atoms with Gasteiger partial charge in [0, 0.05) is 18.8 Å². The SMILES string of the molecule is CNc1ncnc(N2c3ccccc3CC2C)c1OC. The summed E-state index contributed by atoms with van der Waals surface area (Å²) in [4.78, 5) is 10.9. The van der Waals surface area contributed by atoms with Crippen molar-refractivity contribution in [1.82, 2.24) is 9.97 Å². The van der Waals surface area contributed by atoms with Gasteiger partial charge in [-0.3, -0.25) is 0 Å². The molecule has 0 fully saturated rings. The van der Waals surface area contributed by atoms with Crippen molar-refractivity contribution in [2.45, 2.75) is 19.4 Å². The molecule has 0 aliphatic carbocycles. The van der Waals surface area contributed by atoms with Gasteiger partial charge in [0.1, 0.15) is 6.33 Å². The predicted octanol–water partition coefficient (Wildman–Crippen LogP) is 2.61. The first-order valence-electron chi connectivity index (χ1n) is 6.70. The third-order valence-electron chi connectivity index (χ3n) is 3.66. The van der Waals surface area contributed by atoms with Crippen molar-refractivity contribution in [3.8, 4) is 5.75 Å². The van der Waals surface area contributed by atoms with Gasteiger partial charge in [-0.05, 0) is 25.0 Å². The number of nitrogens with zero attached hydrogens (tertiary/aromatic N) is 3. The lowest BCUT2D eigenvalue weighted by Gasteiger charge is -2.25. The molecular weight excluding hydrogens is 252 g/mol. The fraction of sp³-hybridized carbons (Fsp3) is 0.333. The van der Waals surface area contributed by atoms with E-state index in [2.05, 4.69) is 51.4 Å². The lowest BCUT2D eigenvalue weighted by atomic mass is 10.1. The van der Waals surface area contributed by atoms with Gasteiger partial charge in [-0.15, -0.1) is 0 Å². The van der Waals surface area contributed by atoms with Crippen LogP contribution in [0.25, 0.3) is 0 Å². The molecule has 0 saturated heterocycles. The topological polar surface area (TPSA) is 50.3 Å². The first-order valence-corrected chi connectivity index (χ1v) is 6.70. The normalized spacial score (nSPS) is 16.9. The Kier molecular flexibility index (Phi) is 3.18. The fourth-order valence-corrected chi connectivity index (χ4v) is 2.79. The Morgan fingerprint density at radius 3 is 2.85 bits per heavy atom. The predicted molar refractivity (Wildman–Crippen MR) is 79.9 cm³/mol. The van der Waals surface area contributed by atoms with Crippen molar-refractivity contribution in [2.24, 2.45) is 0 Å². The Bertz CT molecular complexity index is 629. The zero-order valence-electron chi connectivity index (χ0n) is 11.9. The summed E-state index contributed by atoms with van der Waals surface area (Å²) >= 11 is 0. The van der Waals surface area contributed by atoms with Crippen LogP contribution in [0.1, 0.15) is 12.5 Å². The van der Waals surface area contributed by atoms with Crippen LogP contribution in [-0.4, -0.2) is 30.2 Å². The largest absolute Gasteiger partial charge is 0.490 e. The smallest absolute Gasteiger partial charge is 0.204 e. The van der Waals surface area contributed by atoms with E-state index in [1.807, 2.05) is 7.05 Å². The molecule has 0 spiro atoms. The highest BCUT2D eigenvalue weighted by molar-refractivity contribution is 5.75. The molecule has 0 saturated carbocycles. The third-order valence-corrected chi connectivity index (χ3v) is 3.66. The summed E-state index contributed by atoms with van der Waals surface area (Å²) in [6.45, 7) is 2.20. The molecule has 0 bridgehead atoms. The lowest BCUT2D eigenvalue weighted by molar-refractivity contribution is 0.413. The average Bonchev–Trinajstić information content (AvgIpc) is 2.81. The number of rotatable bonds is 3. The first kappa shape index (κ1) is 12.7. The van der Waals surface area contributed by atoms with E-state index in [-0.39, 0.29) is 0 Å².